The lowest BCUT2D eigenvalue weighted by atomic mass is 9.75. The Kier molecular flexibility index (Phi) is 6.20. The molecule has 20 heavy (non-hydrogen) atoms. The van der Waals surface area contributed by atoms with Gasteiger partial charge in [0, 0.05) is 16.1 Å². The molecule has 3 unspecified atom stereocenters. The van der Waals surface area contributed by atoms with E-state index in [0.717, 1.165) is 22.5 Å². The summed E-state index contributed by atoms with van der Waals surface area (Å²) in [5.41, 5.74) is 1.17. The van der Waals surface area contributed by atoms with Gasteiger partial charge in [0.25, 0.3) is 0 Å². The zero-order valence-electron chi connectivity index (χ0n) is 12.5. The molecule has 0 heterocycles. The third-order valence-electron chi connectivity index (χ3n) is 4.59. The van der Waals surface area contributed by atoms with Crippen LogP contribution in [0.25, 0.3) is 0 Å². The molecule has 1 N–H and O–H groups in total. The Balaban J connectivity index is 2.23. The number of benzene rings is 1. The maximum absolute atomic E-state index is 6.42. The van der Waals surface area contributed by atoms with Crippen molar-refractivity contribution >= 4 is 23.2 Å². The predicted octanol–water partition coefficient (Wildman–Crippen LogP) is 5.86. The van der Waals surface area contributed by atoms with Crippen LogP contribution in [0.1, 0.15) is 57.6 Å². The summed E-state index contributed by atoms with van der Waals surface area (Å²) in [7, 11) is 0. The van der Waals surface area contributed by atoms with Crippen molar-refractivity contribution in [3.8, 4) is 0 Å². The zero-order chi connectivity index (χ0) is 14.5. The van der Waals surface area contributed by atoms with E-state index >= 15 is 0 Å². The molecule has 3 atom stereocenters. The fourth-order valence-electron chi connectivity index (χ4n) is 3.51. The minimum absolute atomic E-state index is 0.334. The Morgan fingerprint density at radius 2 is 2.05 bits per heavy atom. The van der Waals surface area contributed by atoms with Gasteiger partial charge < -0.3 is 5.32 Å². The first kappa shape index (κ1) is 16.1. The molecule has 0 radical (unpaired) electrons. The van der Waals surface area contributed by atoms with Crippen molar-refractivity contribution in [2.24, 2.45) is 11.8 Å². The van der Waals surface area contributed by atoms with Crippen molar-refractivity contribution in [2.45, 2.75) is 52.0 Å². The van der Waals surface area contributed by atoms with Crippen LogP contribution in [0.4, 0.5) is 0 Å². The molecule has 1 fully saturated rings. The van der Waals surface area contributed by atoms with E-state index < -0.39 is 0 Å². The second-order valence-corrected chi connectivity index (χ2v) is 6.75. The van der Waals surface area contributed by atoms with Gasteiger partial charge in [0.05, 0.1) is 0 Å². The molecule has 112 valence electrons. The second kappa shape index (κ2) is 7.68. The molecule has 0 saturated heterocycles. The molecule has 1 saturated carbocycles. The average Bonchev–Trinajstić information content (AvgIpc) is 2.47. The highest BCUT2D eigenvalue weighted by molar-refractivity contribution is 6.33. The van der Waals surface area contributed by atoms with E-state index in [-0.39, 0.29) is 0 Å². The number of nitrogens with one attached hydrogen (secondary N) is 1. The monoisotopic (exact) mass is 313 g/mol. The van der Waals surface area contributed by atoms with Gasteiger partial charge in [0.15, 0.2) is 0 Å². The average molecular weight is 314 g/mol. The molecule has 0 aromatic heterocycles. The third-order valence-corrected chi connectivity index (χ3v) is 5.17. The predicted molar refractivity (Wildman–Crippen MR) is 88.6 cm³/mol. The van der Waals surface area contributed by atoms with Gasteiger partial charge in [0.2, 0.25) is 0 Å². The van der Waals surface area contributed by atoms with Crippen molar-refractivity contribution < 1.29 is 0 Å². The molecule has 1 aromatic rings. The quantitative estimate of drug-likeness (QED) is 0.717. The van der Waals surface area contributed by atoms with E-state index in [1.54, 1.807) is 0 Å². The Morgan fingerprint density at radius 3 is 2.75 bits per heavy atom. The lowest BCUT2D eigenvalue weighted by Gasteiger charge is -2.35. The minimum Gasteiger partial charge on any atom is -0.310 e. The Labute approximate surface area is 133 Å². The maximum atomic E-state index is 6.42. The second-order valence-electron chi connectivity index (χ2n) is 5.90. The topological polar surface area (TPSA) is 12.0 Å². The summed E-state index contributed by atoms with van der Waals surface area (Å²) in [6.07, 6.45) is 6.60. The largest absolute Gasteiger partial charge is 0.310 e. The van der Waals surface area contributed by atoms with Gasteiger partial charge in [-0.25, -0.2) is 0 Å². The summed E-state index contributed by atoms with van der Waals surface area (Å²) in [6.45, 7) is 5.42. The van der Waals surface area contributed by atoms with Crippen LogP contribution in [-0.4, -0.2) is 6.54 Å². The molecule has 0 bridgehead atoms. The van der Waals surface area contributed by atoms with E-state index in [2.05, 4.69) is 19.2 Å². The van der Waals surface area contributed by atoms with Crippen LogP contribution in [0.15, 0.2) is 18.2 Å². The Morgan fingerprint density at radius 1 is 1.25 bits per heavy atom. The van der Waals surface area contributed by atoms with Crippen LogP contribution in [0.3, 0.4) is 0 Å². The molecule has 1 nitrogen and oxygen atoms in total. The molecule has 1 aliphatic rings. The zero-order valence-corrected chi connectivity index (χ0v) is 14.0. The first-order valence-electron chi connectivity index (χ1n) is 7.84. The summed E-state index contributed by atoms with van der Waals surface area (Å²) < 4.78 is 0. The summed E-state index contributed by atoms with van der Waals surface area (Å²) >= 11 is 12.6. The molecule has 1 aromatic carbocycles. The van der Waals surface area contributed by atoms with Crippen molar-refractivity contribution in [3.05, 3.63) is 33.8 Å². The van der Waals surface area contributed by atoms with Crippen LogP contribution >= 0.6 is 23.2 Å². The minimum atomic E-state index is 0.334. The van der Waals surface area contributed by atoms with Gasteiger partial charge in [-0.05, 0) is 55.0 Å². The fraction of sp³-hybridized carbons (Fsp3) is 0.647. The van der Waals surface area contributed by atoms with Crippen molar-refractivity contribution in [1.82, 2.24) is 5.32 Å². The number of hydrogen-bond acceptors (Lipinski definition) is 1. The van der Waals surface area contributed by atoms with E-state index in [1.807, 2.05) is 18.2 Å². The van der Waals surface area contributed by atoms with E-state index in [4.69, 9.17) is 23.2 Å². The Hall–Kier alpha value is -0.240. The van der Waals surface area contributed by atoms with Crippen molar-refractivity contribution in [3.63, 3.8) is 0 Å². The summed E-state index contributed by atoms with van der Waals surface area (Å²) in [5.74, 6) is 1.54. The van der Waals surface area contributed by atoms with Crippen LogP contribution in [0.2, 0.25) is 10.0 Å². The van der Waals surface area contributed by atoms with Crippen molar-refractivity contribution in [2.75, 3.05) is 6.54 Å². The molecular formula is C17H25Cl2N. The highest BCUT2D eigenvalue weighted by Gasteiger charge is 2.29. The molecule has 0 amide bonds. The van der Waals surface area contributed by atoms with Gasteiger partial charge in [0.1, 0.15) is 0 Å². The molecule has 0 aliphatic heterocycles. The first-order valence-corrected chi connectivity index (χ1v) is 8.59. The maximum Gasteiger partial charge on any atom is 0.0454 e. The van der Waals surface area contributed by atoms with Gasteiger partial charge >= 0.3 is 0 Å². The Bertz CT molecular complexity index is 433. The lowest BCUT2D eigenvalue weighted by molar-refractivity contribution is 0.210. The summed E-state index contributed by atoms with van der Waals surface area (Å²) in [5, 5.41) is 5.24. The highest BCUT2D eigenvalue weighted by Crippen LogP contribution is 2.40. The van der Waals surface area contributed by atoms with Gasteiger partial charge in [-0.15, -0.1) is 0 Å². The van der Waals surface area contributed by atoms with Crippen molar-refractivity contribution in [1.29, 1.82) is 0 Å². The summed E-state index contributed by atoms with van der Waals surface area (Å²) in [4.78, 5) is 0. The lowest BCUT2D eigenvalue weighted by Crippen LogP contribution is -2.31. The molecule has 3 heteroatoms. The van der Waals surface area contributed by atoms with E-state index in [9.17, 15) is 0 Å². The third kappa shape index (κ3) is 3.90. The SMILES string of the molecule is CCNC(c1cc(Cl)ccc1Cl)C1CCCC(CC)C1. The van der Waals surface area contributed by atoms with Gasteiger partial charge in [-0.3, -0.25) is 0 Å². The standard InChI is InChI=1S/C17H25Cl2N/c1-3-12-6-5-7-13(10-12)17(20-4-2)15-11-14(18)8-9-16(15)19/h8-9,11-13,17,20H,3-7,10H2,1-2H3. The number of halogens is 2. The van der Waals surface area contributed by atoms with Gasteiger partial charge in [-0.2, -0.15) is 0 Å². The normalized spacial score (nSPS) is 24.6. The highest BCUT2D eigenvalue weighted by atomic mass is 35.5. The van der Waals surface area contributed by atoms with Crippen LogP contribution in [-0.2, 0) is 0 Å². The van der Waals surface area contributed by atoms with Gasteiger partial charge in [-0.1, -0.05) is 56.3 Å². The summed E-state index contributed by atoms with van der Waals surface area (Å²) in [6, 6.07) is 6.16. The number of rotatable bonds is 5. The van der Waals surface area contributed by atoms with E-state index in [0.29, 0.717) is 12.0 Å². The van der Waals surface area contributed by atoms with Crippen LogP contribution in [0.5, 0.6) is 0 Å². The van der Waals surface area contributed by atoms with E-state index in [1.165, 1.54) is 37.7 Å². The van der Waals surface area contributed by atoms with Crippen LogP contribution in [0, 0.1) is 11.8 Å². The molecule has 0 spiro atoms. The molecule has 2 rings (SSSR count). The fourth-order valence-corrected chi connectivity index (χ4v) is 3.93. The molecular weight excluding hydrogens is 289 g/mol. The van der Waals surface area contributed by atoms with Crippen LogP contribution < -0.4 is 5.32 Å². The number of hydrogen-bond donors (Lipinski definition) is 1. The first-order chi connectivity index (χ1) is 9.65. The smallest absolute Gasteiger partial charge is 0.0454 e. The molecule has 1 aliphatic carbocycles.